The van der Waals surface area contributed by atoms with Crippen LogP contribution >= 0.6 is 0 Å². The van der Waals surface area contributed by atoms with E-state index in [1.54, 1.807) is 0 Å². The molecule has 0 unspecified atom stereocenters. The number of nitrogens with zero attached hydrogens (tertiary/aromatic N) is 3. The number of anilines is 2. The number of aromatic nitrogens is 2. The minimum Gasteiger partial charge on any atom is -0.384 e. The van der Waals surface area contributed by atoms with Gasteiger partial charge < -0.3 is 15.4 Å². The Morgan fingerprint density at radius 1 is 1.32 bits per heavy atom. The first-order valence-electron chi connectivity index (χ1n) is 7.15. The van der Waals surface area contributed by atoms with Gasteiger partial charge in [-0.25, -0.2) is 9.97 Å². The van der Waals surface area contributed by atoms with Crippen LogP contribution in [0.2, 0.25) is 0 Å². The summed E-state index contributed by atoms with van der Waals surface area (Å²) in [6, 6.07) is 1.84. The summed E-state index contributed by atoms with van der Waals surface area (Å²) < 4.78 is 5.65. The minimum absolute atomic E-state index is 0.529. The summed E-state index contributed by atoms with van der Waals surface area (Å²) >= 11 is 0. The summed E-state index contributed by atoms with van der Waals surface area (Å²) in [4.78, 5) is 11.0. The summed E-state index contributed by atoms with van der Waals surface area (Å²) in [7, 11) is 2.03. The van der Waals surface area contributed by atoms with Gasteiger partial charge in [0.2, 0.25) is 0 Å². The molecule has 2 N–H and O–H groups in total. The van der Waals surface area contributed by atoms with Crippen molar-refractivity contribution in [2.45, 2.75) is 31.6 Å². The molecule has 2 saturated carbocycles. The van der Waals surface area contributed by atoms with Crippen molar-refractivity contribution in [3.63, 3.8) is 0 Å². The first kappa shape index (κ1) is 12.7. The third-order valence-corrected chi connectivity index (χ3v) is 3.70. The lowest BCUT2D eigenvalue weighted by Crippen LogP contribution is -2.24. The Labute approximate surface area is 114 Å². The van der Waals surface area contributed by atoms with Crippen molar-refractivity contribution in [2.75, 3.05) is 37.4 Å². The number of likely N-dealkylation sites (N-methyl/N-ethyl adjacent to an activating group) is 1. The Morgan fingerprint density at radius 2 is 2.11 bits per heavy atom. The molecular formula is C14H22N4O. The lowest BCUT2D eigenvalue weighted by Gasteiger charge is -2.19. The van der Waals surface area contributed by atoms with Crippen molar-refractivity contribution in [1.29, 1.82) is 0 Å². The molecular weight excluding hydrogens is 240 g/mol. The average molecular weight is 262 g/mol. The number of nitrogen functional groups attached to an aromatic ring is 1. The molecule has 0 bridgehead atoms. The molecule has 1 aromatic heterocycles. The minimum atomic E-state index is 0.529. The van der Waals surface area contributed by atoms with Crippen LogP contribution in [-0.4, -0.2) is 36.8 Å². The Bertz CT molecular complexity index is 443. The van der Waals surface area contributed by atoms with E-state index in [1.807, 2.05) is 13.1 Å². The monoisotopic (exact) mass is 262 g/mol. The molecule has 0 atom stereocenters. The Balaban J connectivity index is 1.53. The Morgan fingerprint density at radius 3 is 2.79 bits per heavy atom. The molecule has 1 aromatic rings. The second-order valence-electron chi connectivity index (χ2n) is 5.72. The van der Waals surface area contributed by atoms with Crippen molar-refractivity contribution in [2.24, 2.45) is 5.92 Å². The van der Waals surface area contributed by atoms with Crippen molar-refractivity contribution < 1.29 is 4.74 Å². The number of ether oxygens (including phenoxy) is 1. The fourth-order valence-electron chi connectivity index (χ4n) is 2.04. The highest BCUT2D eigenvalue weighted by Crippen LogP contribution is 2.38. The van der Waals surface area contributed by atoms with Crippen LogP contribution in [-0.2, 0) is 4.74 Å². The fourth-order valence-corrected chi connectivity index (χ4v) is 2.04. The lowest BCUT2D eigenvalue weighted by atomic mass is 10.3. The van der Waals surface area contributed by atoms with Gasteiger partial charge in [0, 0.05) is 32.2 Å². The quantitative estimate of drug-likeness (QED) is 0.759. The van der Waals surface area contributed by atoms with Crippen LogP contribution in [0.1, 0.15) is 37.4 Å². The topological polar surface area (TPSA) is 64.3 Å². The zero-order chi connectivity index (χ0) is 13.2. The SMILES string of the molecule is CN(CCOCC1CC1)c1cc(N)nc(C2CC2)n1. The van der Waals surface area contributed by atoms with E-state index in [-0.39, 0.29) is 0 Å². The molecule has 5 nitrogen and oxygen atoms in total. The van der Waals surface area contributed by atoms with Crippen LogP contribution in [0, 0.1) is 5.92 Å². The predicted molar refractivity (Wildman–Crippen MR) is 75.2 cm³/mol. The standard InChI is InChI=1S/C14H22N4O/c1-18(6-7-19-9-10-2-3-10)13-8-12(15)16-14(17-13)11-4-5-11/h8,10-11H,2-7,9H2,1H3,(H2,15,16,17). The van der Waals surface area contributed by atoms with Gasteiger partial charge in [0.25, 0.3) is 0 Å². The van der Waals surface area contributed by atoms with Crippen molar-refractivity contribution in [1.82, 2.24) is 9.97 Å². The zero-order valence-corrected chi connectivity index (χ0v) is 11.5. The van der Waals surface area contributed by atoms with Gasteiger partial charge in [0.05, 0.1) is 6.61 Å². The first-order valence-corrected chi connectivity index (χ1v) is 7.15. The van der Waals surface area contributed by atoms with E-state index in [1.165, 1.54) is 25.7 Å². The van der Waals surface area contributed by atoms with Crippen LogP contribution < -0.4 is 10.6 Å². The van der Waals surface area contributed by atoms with Gasteiger partial charge in [-0.1, -0.05) is 0 Å². The van der Waals surface area contributed by atoms with Gasteiger partial charge >= 0.3 is 0 Å². The molecule has 0 aromatic carbocycles. The van der Waals surface area contributed by atoms with Crippen LogP contribution in [0.4, 0.5) is 11.6 Å². The van der Waals surface area contributed by atoms with Crippen molar-refractivity contribution >= 4 is 11.6 Å². The van der Waals surface area contributed by atoms with E-state index in [2.05, 4.69) is 14.9 Å². The molecule has 0 spiro atoms. The van der Waals surface area contributed by atoms with E-state index in [0.717, 1.165) is 37.3 Å². The molecule has 2 fully saturated rings. The van der Waals surface area contributed by atoms with Gasteiger partial charge in [-0.15, -0.1) is 0 Å². The summed E-state index contributed by atoms with van der Waals surface area (Å²) in [5.41, 5.74) is 5.86. The Hall–Kier alpha value is -1.36. The molecule has 0 amide bonds. The number of rotatable bonds is 7. The van der Waals surface area contributed by atoms with Crippen molar-refractivity contribution in [3.05, 3.63) is 11.9 Å². The molecule has 2 aliphatic carbocycles. The van der Waals surface area contributed by atoms with Gasteiger partial charge in [-0.05, 0) is 31.6 Å². The highest BCUT2D eigenvalue weighted by molar-refractivity contribution is 5.47. The van der Waals surface area contributed by atoms with Gasteiger partial charge in [-0.2, -0.15) is 0 Å². The number of nitrogens with two attached hydrogens (primary N) is 1. The van der Waals surface area contributed by atoms with E-state index in [0.29, 0.717) is 11.7 Å². The van der Waals surface area contributed by atoms with E-state index in [4.69, 9.17) is 10.5 Å². The normalized spacial score (nSPS) is 18.6. The molecule has 3 rings (SSSR count). The zero-order valence-electron chi connectivity index (χ0n) is 11.5. The molecule has 0 aliphatic heterocycles. The fraction of sp³-hybridized carbons (Fsp3) is 0.714. The second-order valence-corrected chi connectivity index (χ2v) is 5.72. The van der Waals surface area contributed by atoms with Gasteiger partial charge in [0.1, 0.15) is 17.5 Å². The van der Waals surface area contributed by atoms with Gasteiger partial charge in [-0.3, -0.25) is 0 Å². The molecule has 5 heteroatoms. The average Bonchev–Trinajstić information content (AvgIpc) is 3.27. The third-order valence-electron chi connectivity index (χ3n) is 3.70. The molecule has 104 valence electrons. The maximum atomic E-state index is 5.86. The number of hydrogen-bond donors (Lipinski definition) is 1. The summed E-state index contributed by atoms with van der Waals surface area (Å²) in [5, 5.41) is 0. The Kier molecular flexibility index (Phi) is 3.55. The van der Waals surface area contributed by atoms with E-state index in [9.17, 15) is 0 Å². The number of hydrogen-bond acceptors (Lipinski definition) is 5. The van der Waals surface area contributed by atoms with Crippen LogP contribution in [0.25, 0.3) is 0 Å². The largest absolute Gasteiger partial charge is 0.384 e. The van der Waals surface area contributed by atoms with Crippen LogP contribution in [0.5, 0.6) is 0 Å². The third kappa shape index (κ3) is 3.56. The van der Waals surface area contributed by atoms with Crippen molar-refractivity contribution in [3.8, 4) is 0 Å². The first-order chi connectivity index (χ1) is 9.22. The van der Waals surface area contributed by atoms with Crippen LogP contribution in [0.15, 0.2) is 6.07 Å². The maximum Gasteiger partial charge on any atom is 0.136 e. The molecule has 2 aliphatic rings. The van der Waals surface area contributed by atoms with E-state index < -0.39 is 0 Å². The molecule has 1 heterocycles. The van der Waals surface area contributed by atoms with Gasteiger partial charge in [0.15, 0.2) is 0 Å². The summed E-state index contributed by atoms with van der Waals surface area (Å²) in [6.45, 7) is 2.50. The molecule has 0 radical (unpaired) electrons. The lowest BCUT2D eigenvalue weighted by molar-refractivity contribution is 0.131. The van der Waals surface area contributed by atoms with Crippen LogP contribution in [0.3, 0.4) is 0 Å². The summed E-state index contributed by atoms with van der Waals surface area (Å²) in [6.07, 6.45) is 5.06. The smallest absolute Gasteiger partial charge is 0.136 e. The highest BCUT2D eigenvalue weighted by atomic mass is 16.5. The second kappa shape index (κ2) is 5.33. The predicted octanol–water partition coefficient (Wildman–Crippen LogP) is 1.80. The maximum absolute atomic E-state index is 5.86. The van der Waals surface area contributed by atoms with E-state index >= 15 is 0 Å². The molecule has 0 saturated heterocycles. The summed E-state index contributed by atoms with van der Waals surface area (Å²) in [5.74, 6) is 3.73. The highest BCUT2D eigenvalue weighted by Gasteiger charge is 2.27. The molecule has 19 heavy (non-hydrogen) atoms.